The van der Waals surface area contributed by atoms with E-state index in [1.807, 2.05) is 91.0 Å². The zero-order valence-electron chi connectivity index (χ0n) is 24.2. The number of hydrogen-bond donors (Lipinski definition) is 1. The molecule has 11 nitrogen and oxygen atoms in total. The van der Waals surface area contributed by atoms with Crippen LogP contribution in [0.1, 0.15) is 30.0 Å². The minimum atomic E-state index is -2.01. The lowest BCUT2D eigenvalue weighted by molar-refractivity contribution is -0.395. The van der Waals surface area contributed by atoms with Crippen molar-refractivity contribution in [2.24, 2.45) is 5.11 Å². The minimum Gasteiger partial charge on any atom is -0.466 e. The summed E-state index contributed by atoms with van der Waals surface area (Å²) in [7, 11) is 1.32. The van der Waals surface area contributed by atoms with Crippen molar-refractivity contribution in [3.8, 4) is 0 Å². The maximum atomic E-state index is 12.5. The molecule has 43 heavy (non-hydrogen) atoms. The van der Waals surface area contributed by atoms with Gasteiger partial charge in [0.1, 0.15) is 24.4 Å². The first-order chi connectivity index (χ1) is 21.0. The normalized spacial score (nSPS) is 24.1. The number of aliphatic hydroxyl groups is 1. The van der Waals surface area contributed by atoms with Crippen LogP contribution in [0.2, 0.25) is 0 Å². The van der Waals surface area contributed by atoms with Crippen LogP contribution in [0.25, 0.3) is 10.4 Å². The fraction of sp³-hybridized carbons (Fsp3) is 0.406. The fourth-order valence-corrected chi connectivity index (χ4v) is 4.98. The van der Waals surface area contributed by atoms with Gasteiger partial charge in [-0.1, -0.05) is 96.1 Å². The van der Waals surface area contributed by atoms with E-state index in [1.165, 1.54) is 7.11 Å². The van der Waals surface area contributed by atoms with Crippen molar-refractivity contribution in [3.05, 3.63) is 118 Å². The van der Waals surface area contributed by atoms with Crippen molar-refractivity contribution >= 4 is 5.97 Å². The molecule has 0 bridgehead atoms. The van der Waals surface area contributed by atoms with E-state index in [4.69, 9.17) is 28.4 Å². The third kappa shape index (κ3) is 8.40. The SMILES string of the molecule is CCOC(=O)C[C@@H](O)[C@]1(OC)O[C@@H](N=[N+]=[N-])[C@H](OCc2ccccc2)[C@@H](OCc2ccccc2)[C@@H]1OCc1ccccc1. The summed E-state index contributed by atoms with van der Waals surface area (Å²) in [6.07, 6.45) is -6.52. The van der Waals surface area contributed by atoms with Crippen LogP contribution in [0.3, 0.4) is 0 Å². The smallest absolute Gasteiger partial charge is 0.308 e. The highest BCUT2D eigenvalue weighted by Gasteiger charge is 2.61. The number of hydrogen-bond acceptors (Lipinski definition) is 9. The molecule has 0 saturated carbocycles. The molecule has 1 aliphatic heterocycles. The lowest BCUT2D eigenvalue weighted by atomic mass is 9.89. The first-order valence-corrected chi connectivity index (χ1v) is 14.1. The van der Waals surface area contributed by atoms with E-state index in [9.17, 15) is 15.4 Å². The Kier molecular flexibility index (Phi) is 12.1. The molecular formula is C32H37N3O8. The molecule has 1 N–H and O–H groups in total. The second-order valence-electron chi connectivity index (χ2n) is 9.90. The van der Waals surface area contributed by atoms with Crippen molar-refractivity contribution in [1.29, 1.82) is 0 Å². The van der Waals surface area contributed by atoms with Gasteiger partial charge in [0.05, 0.1) is 32.8 Å². The second kappa shape index (κ2) is 16.2. The van der Waals surface area contributed by atoms with Crippen LogP contribution in [0.15, 0.2) is 96.1 Å². The molecule has 0 amide bonds. The number of nitrogens with zero attached hydrogens (tertiary/aromatic N) is 3. The van der Waals surface area contributed by atoms with Gasteiger partial charge in [-0.25, -0.2) is 0 Å². The summed E-state index contributed by atoms with van der Waals surface area (Å²) in [6, 6.07) is 28.4. The molecule has 1 heterocycles. The fourth-order valence-electron chi connectivity index (χ4n) is 4.98. The third-order valence-corrected chi connectivity index (χ3v) is 7.06. The molecule has 11 heteroatoms. The van der Waals surface area contributed by atoms with E-state index in [0.29, 0.717) is 0 Å². The quantitative estimate of drug-likeness (QED) is 0.112. The van der Waals surface area contributed by atoms with Gasteiger partial charge in [0.25, 0.3) is 0 Å². The van der Waals surface area contributed by atoms with E-state index in [0.717, 1.165) is 16.7 Å². The van der Waals surface area contributed by atoms with Gasteiger partial charge in [0, 0.05) is 12.0 Å². The molecule has 0 unspecified atom stereocenters. The highest BCUT2D eigenvalue weighted by molar-refractivity contribution is 5.70. The van der Waals surface area contributed by atoms with Gasteiger partial charge in [-0.2, -0.15) is 0 Å². The van der Waals surface area contributed by atoms with Gasteiger partial charge in [0.2, 0.25) is 5.79 Å². The first-order valence-electron chi connectivity index (χ1n) is 14.1. The molecule has 228 valence electrons. The van der Waals surface area contributed by atoms with Crippen molar-refractivity contribution in [2.45, 2.75) is 69.6 Å². The highest BCUT2D eigenvalue weighted by Crippen LogP contribution is 2.41. The van der Waals surface area contributed by atoms with Crippen LogP contribution in [0.4, 0.5) is 0 Å². The van der Waals surface area contributed by atoms with Crippen LogP contribution in [-0.4, -0.2) is 61.2 Å². The molecule has 4 rings (SSSR count). The topological polar surface area (TPSA) is 141 Å². The summed E-state index contributed by atoms with van der Waals surface area (Å²) < 4.78 is 36.5. The Balaban J connectivity index is 1.76. The summed E-state index contributed by atoms with van der Waals surface area (Å²) >= 11 is 0. The molecule has 0 spiro atoms. The van der Waals surface area contributed by atoms with Crippen LogP contribution < -0.4 is 0 Å². The number of carbonyl (C=O) groups is 1. The Labute approximate surface area is 250 Å². The summed E-state index contributed by atoms with van der Waals surface area (Å²) in [6.45, 7) is 2.17. The number of benzene rings is 3. The Morgan fingerprint density at radius 2 is 1.37 bits per heavy atom. The Bertz CT molecular complexity index is 1310. The minimum absolute atomic E-state index is 0.0922. The van der Waals surface area contributed by atoms with E-state index in [-0.39, 0.29) is 26.4 Å². The van der Waals surface area contributed by atoms with Crippen LogP contribution in [0, 0.1) is 0 Å². The van der Waals surface area contributed by atoms with E-state index in [2.05, 4.69) is 10.0 Å². The van der Waals surface area contributed by atoms with Crippen molar-refractivity contribution < 1.29 is 38.3 Å². The average Bonchev–Trinajstić information content (AvgIpc) is 3.04. The maximum absolute atomic E-state index is 12.5. The first kappa shape index (κ1) is 32.1. The molecular weight excluding hydrogens is 554 g/mol. The Morgan fingerprint density at radius 3 is 1.84 bits per heavy atom. The predicted molar refractivity (Wildman–Crippen MR) is 156 cm³/mol. The molecule has 1 aliphatic rings. The molecule has 0 radical (unpaired) electrons. The van der Waals surface area contributed by atoms with Gasteiger partial charge in [-0.05, 0) is 29.1 Å². The summed E-state index contributed by atoms with van der Waals surface area (Å²) in [4.78, 5) is 15.5. The van der Waals surface area contributed by atoms with E-state index in [1.54, 1.807) is 6.92 Å². The van der Waals surface area contributed by atoms with Crippen molar-refractivity contribution in [1.82, 2.24) is 0 Å². The zero-order chi connectivity index (χ0) is 30.5. The summed E-state index contributed by atoms with van der Waals surface area (Å²) in [5, 5.41) is 15.4. The zero-order valence-corrected chi connectivity index (χ0v) is 24.2. The molecule has 1 saturated heterocycles. The maximum Gasteiger partial charge on any atom is 0.308 e. The average molecular weight is 592 g/mol. The Morgan fingerprint density at radius 1 is 0.884 bits per heavy atom. The number of methoxy groups -OCH3 is 1. The van der Waals surface area contributed by atoms with Crippen molar-refractivity contribution in [3.63, 3.8) is 0 Å². The monoisotopic (exact) mass is 591 g/mol. The molecule has 6 atom stereocenters. The molecule has 0 aromatic heterocycles. The van der Waals surface area contributed by atoms with E-state index < -0.39 is 48.8 Å². The molecule has 1 fully saturated rings. The Hall–Kier alpha value is -3.80. The number of esters is 1. The molecule has 0 aliphatic carbocycles. The summed E-state index contributed by atoms with van der Waals surface area (Å²) in [5.74, 6) is -2.67. The summed E-state index contributed by atoms with van der Waals surface area (Å²) in [5.41, 5.74) is 12.1. The van der Waals surface area contributed by atoms with Gasteiger partial charge < -0.3 is 33.5 Å². The van der Waals surface area contributed by atoms with Gasteiger partial charge in [0.15, 0.2) is 6.23 Å². The van der Waals surface area contributed by atoms with E-state index >= 15 is 0 Å². The standard InChI is InChI=1S/C32H37N3O8/c1-3-39-27(37)19-26(36)32(38-2)30(42-22-25-17-11-6-12-18-25)28(40-20-23-13-7-4-8-14-23)29(31(43-32)34-35-33)41-21-24-15-9-5-10-16-24/h4-18,26,28-31,36H,3,19-22H2,1-2H3/t26-,28-,29-,30+,31-,32+/m1/s1. The molecule has 3 aromatic carbocycles. The lowest BCUT2D eigenvalue weighted by Crippen LogP contribution is -2.70. The third-order valence-electron chi connectivity index (χ3n) is 7.06. The number of carbonyl (C=O) groups excluding carboxylic acids is 1. The number of azide groups is 1. The highest BCUT2D eigenvalue weighted by atomic mass is 16.7. The molecule has 3 aromatic rings. The van der Waals surface area contributed by atoms with Crippen LogP contribution in [-0.2, 0) is 53.0 Å². The van der Waals surface area contributed by atoms with Crippen LogP contribution in [0.5, 0.6) is 0 Å². The second-order valence-corrected chi connectivity index (χ2v) is 9.90. The largest absolute Gasteiger partial charge is 0.466 e. The number of ether oxygens (including phenoxy) is 6. The number of aliphatic hydroxyl groups excluding tert-OH is 1. The number of rotatable bonds is 15. The van der Waals surface area contributed by atoms with Gasteiger partial charge >= 0.3 is 5.97 Å². The predicted octanol–water partition coefficient (Wildman–Crippen LogP) is 5.07. The lowest BCUT2D eigenvalue weighted by Gasteiger charge is -2.52. The van der Waals surface area contributed by atoms with Gasteiger partial charge in [-0.15, -0.1) is 0 Å². The van der Waals surface area contributed by atoms with Crippen molar-refractivity contribution in [2.75, 3.05) is 13.7 Å². The van der Waals surface area contributed by atoms with Crippen LogP contribution >= 0.6 is 0 Å². The van der Waals surface area contributed by atoms with Gasteiger partial charge in [-0.3, -0.25) is 4.79 Å².